The largest absolute Gasteiger partial charge is 0.573 e. The maximum absolute atomic E-state index is 12.3. The van der Waals surface area contributed by atoms with Crippen LogP contribution in [0.4, 0.5) is 26.3 Å². The Bertz CT molecular complexity index is 404. The summed E-state index contributed by atoms with van der Waals surface area (Å²) in [6, 6.07) is 1.11. The number of ether oxygens (including phenoxy) is 1. The van der Waals surface area contributed by atoms with Gasteiger partial charge in [-0.15, -0.1) is 13.2 Å². The molecular weight excluding hydrogens is 433 g/mol. The van der Waals surface area contributed by atoms with Gasteiger partial charge in [0.15, 0.2) is 5.75 Å². The first kappa shape index (κ1) is 14.9. The maximum atomic E-state index is 12.3. The van der Waals surface area contributed by atoms with E-state index in [0.29, 0.717) is 12.1 Å². The van der Waals surface area contributed by atoms with E-state index in [9.17, 15) is 26.3 Å². The molecule has 0 N–H and O–H groups in total. The summed E-state index contributed by atoms with van der Waals surface area (Å²) < 4.78 is 75.8. The zero-order valence-corrected chi connectivity index (χ0v) is 11.3. The molecule has 0 aliphatic rings. The molecule has 0 fully saturated rings. The van der Waals surface area contributed by atoms with Crippen LogP contribution in [0.5, 0.6) is 5.75 Å². The highest BCUT2D eigenvalue weighted by Gasteiger charge is 2.36. The van der Waals surface area contributed by atoms with E-state index in [4.69, 9.17) is 0 Å². The standard InChI is InChI=1S/C8H2BrF6IO/c9-4-1-3(7(10,11)12)2-5(16)6(4)17-8(13,14)15/h1-2H. The van der Waals surface area contributed by atoms with Gasteiger partial charge in [0.2, 0.25) is 0 Å². The van der Waals surface area contributed by atoms with Crippen molar-refractivity contribution in [3.63, 3.8) is 0 Å². The van der Waals surface area contributed by atoms with Gasteiger partial charge in [0.1, 0.15) is 0 Å². The van der Waals surface area contributed by atoms with Gasteiger partial charge >= 0.3 is 12.5 Å². The van der Waals surface area contributed by atoms with Gasteiger partial charge in [0.05, 0.1) is 13.6 Å². The second-order valence-corrected chi connectivity index (χ2v) is 4.83. The van der Waals surface area contributed by atoms with Gasteiger partial charge in [-0.1, -0.05) is 0 Å². The molecule has 0 amide bonds. The average molecular weight is 435 g/mol. The number of benzene rings is 1. The summed E-state index contributed by atoms with van der Waals surface area (Å²) >= 11 is 3.95. The Balaban J connectivity index is 3.20. The Kier molecular flexibility index (Phi) is 4.22. The average Bonchev–Trinajstić information content (AvgIpc) is 2.07. The van der Waals surface area contributed by atoms with Crippen molar-refractivity contribution in [2.24, 2.45) is 0 Å². The van der Waals surface area contributed by atoms with Crippen LogP contribution in [-0.4, -0.2) is 6.36 Å². The van der Waals surface area contributed by atoms with Gasteiger partial charge in [0.25, 0.3) is 0 Å². The van der Waals surface area contributed by atoms with Crippen molar-refractivity contribution >= 4 is 38.5 Å². The lowest BCUT2D eigenvalue weighted by molar-refractivity contribution is -0.275. The Hall–Kier alpha value is -0.190. The topological polar surface area (TPSA) is 9.23 Å². The molecular formula is C8H2BrF6IO. The second-order valence-electron chi connectivity index (χ2n) is 2.81. The highest BCUT2D eigenvalue weighted by molar-refractivity contribution is 14.1. The number of halogens is 8. The predicted octanol–water partition coefficient (Wildman–Crippen LogP) is 4.97. The third-order valence-corrected chi connectivity index (χ3v) is 2.93. The molecule has 0 bridgehead atoms. The molecule has 0 aliphatic heterocycles. The number of hydrogen-bond donors (Lipinski definition) is 0. The quantitative estimate of drug-likeness (QED) is 0.448. The van der Waals surface area contributed by atoms with Crippen LogP contribution in [0.2, 0.25) is 0 Å². The second kappa shape index (κ2) is 4.82. The summed E-state index contributed by atoms with van der Waals surface area (Å²) in [4.78, 5) is 0. The molecule has 0 unspecified atom stereocenters. The van der Waals surface area contributed by atoms with Gasteiger partial charge in [-0.2, -0.15) is 13.2 Å². The molecule has 96 valence electrons. The molecule has 1 aromatic rings. The van der Waals surface area contributed by atoms with Crippen molar-refractivity contribution in [1.29, 1.82) is 0 Å². The van der Waals surface area contributed by atoms with Gasteiger partial charge < -0.3 is 4.74 Å². The lowest BCUT2D eigenvalue weighted by Gasteiger charge is -2.14. The monoisotopic (exact) mass is 434 g/mol. The fourth-order valence-corrected chi connectivity index (χ4v) is 2.58. The smallest absolute Gasteiger partial charge is 0.403 e. The Labute approximate surface area is 113 Å². The van der Waals surface area contributed by atoms with Gasteiger partial charge in [-0.25, -0.2) is 0 Å². The molecule has 1 rings (SSSR count). The summed E-state index contributed by atoms with van der Waals surface area (Å²) in [5, 5.41) is 0. The fraction of sp³-hybridized carbons (Fsp3) is 0.250. The molecule has 0 saturated heterocycles. The molecule has 0 aromatic heterocycles. The SMILES string of the molecule is FC(F)(F)Oc1c(Br)cc(C(F)(F)F)cc1I. The van der Waals surface area contributed by atoms with Crippen LogP contribution in [0.25, 0.3) is 0 Å². The van der Waals surface area contributed by atoms with Crippen molar-refractivity contribution in [1.82, 2.24) is 0 Å². The van der Waals surface area contributed by atoms with Crippen LogP contribution >= 0.6 is 38.5 Å². The summed E-state index contributed by atoms with van der Waals surface area (Å²) in [6.07, 6.45) is -9.58. The number of hydrogen-bond acceptors (Lipinski definition) is 1. The minimum Gasteiger partial charge on any atom is -0.403 e. The molecule has 0 aliphatic carbocycles. The summed E-state index contributed by atoms with van der Waals surface area (Å²) in [7, 11) is 0. The fourth-order valence-electron chi connectivity index (χ4n) is 0.937. The summed E-state index contributed by atoms with van der Waals surface area (Å²) in [6.45, 7) is 0. The Morgan fingerprint density at radius 1 is 1.06 bits per heavy atom. The van der Waals surface area contributed by atoms with Gasteiger partial charge in [-0.05, 0) is 50.7 Å². The molecule has 0 atom stereocenters. The summed E-state index contributed by atoms with van der Waals surface area (Å²) in [5.74, 6) is -0.689. The normalized spacial score (nSPS) is 12.7. The minimum atomic E-state index is -4.96. The van der Waals surface area contributed by atoms with Crippen molar-refractivity contribution < 1.29 is 31.1 Å². The van der Waals surface area contributed by atoms with Crippen LogP contribution in [0.3, 0.4) is 0 Å². The zero-order chi connectivity index (χ0) is 13.4. The molecule has 9 heteroatoms. The molecule has 17 heavy (non-hydrogen) atoms. The van der Waals surface area contributed by atoms with E-state index in [0.717, 1.165) is 0 Å². The van der Waals surface area contributed by atoms with E-state index in [2.05, 4.69) is 20.7 Å². The van der Waals surface area contributed by atoms with Crippen LogP contribution in [-0.2, 0) is 6.18 Å². The first-order chi connectivity index (χ1) is 7.50. The van der Waals surface area contributed by atoms with Gasteiger partial charge in [0, 0.05) is 0 Å². The molecule has 1 aromatic carbocycles. The third-order valence-electron chi connectivity index (χ3n) is 1.54. The van der Waals surface area contributed by atoms with E-state index in [1.807, 2.05) is 0 Å². The van der Waals surface area contributed by atoms with Crippen molar-refractivity contribution in [2.75, 3.05) is 0 Å². The lowest BCUT2D eigenvalue weighted by Crippen LogP contribution is -2.18. The number of rotatable bonds is 1. The Morgan fingerprint density at radius 3 is 1.94 bits per heavy atom. The first-order valence-corrected chi connectivity index (χ1v) is 5.70. The molecule has 0 radical (unpaired) electrons. The van der Waals surface area contributed by atoms with Crippen molar-refractivity contribution in [2.45, 2.75) is 12.5 Å². The van der Waals surface area contributed by atoms with E-state index >= 15 is 0 Å². The van der Waals surface area contributed by atoms with Crippen LogP contribution in [0.1, 0.15) is 5.56 Å². The van der Waals surface area contributed by atoms with E-state index in [1.54, 1.807) is 0 Å². The van der Waals surface area contributed by atoms with E-state index in [1.165, 1.54) is 22.6 Å². The minimum absolute atomic E-state index is 0.290. The zero-order valence-electron chi connectivity index (χ0n) is 7.59. The van der Waals surface area contributed by atoms with E-state index < -0.39 is 28.3 Å². The molecule has 0 saturated carbocycles. The first-order valence-electron chi connectivity index (χ1n) is 3.82. The molecule has 1 nitrogen and oxygen atoms in total. The maximum Gasteiger partial charge on any atom is 0.573 e. The predicted molar refractivity (Wildman–Crippen MR) is 58.5 cm³/mol. The lowest BCUT2D eigenvalue weighted by atomic mass is 10.2. The Morgan fingerprint density at radius 2 is 1.59 bits per heavy atom. The highest BCUT2D eigenvalue weighted by Crippen LogP contribution is 2.40. The molecule has 0 heterocycles. The van der Waals surface area contributed by atoms with Crippen LogP contribution < -0.4 is 4.74 Å². The highest BCUT2D eigenvalue weighted by atomic mass is 127. The van der Waals surface area contributed by atoms with E-state index in [-0.39, 0.29) is 3.57 Å². The number of alkyl halides is 6. The van der Waals surface area contributed by atoms with Crippen LogP contribution in [0, 0.1) is 3.57 Å². The van der Waals surface area contributed by atoms with Gasteiger partial charge in [-0.3, -0.25) is 0 Å². The van der Waals surface area contributed by atoms with Crippen LogP contribution in [0.15, 0.2) is 16.6 Å². The molecule has 0 spiro atoms. The van der Waals surface area contributed by atoms with Crippen molar-refractivity contribution in [3.8, 4) is 5.75 Å². The third kappa shape index (κ3) is 4.19. The summed E-state index contributed by atoms with van der Waals surface area (Å²) in [5.41, 5.74) is -1.05. The van der Waals surface area contributed by atoms with Crippen molar-refractivity contribution in [3.05, 3.63) is 25.7 Å².